The van der Waals surface area contributed by atoms with E-state index in [0.29, 0.717) is 22.9 Å². The second-order valence-corrected chi connectivity index (χ2v) is 9.50. The second-order valence-electron chi connectivity index (χ2n) is 9.50. The molecule has 2 aliphatic heterocycles. The summed E-state index contributed by atoms with van der Waals surface area (Å²) >= 11 is 0. The summed E-state index contributed by atoms with van der Waals surface area (Å²) in [6, 6.07) is 10.3. The Kier molecular flexibility index (Phi) is 7.24. The van der Waals surface area contributed by atoms with Crippen LogP contribution in [0.5, 0.6) is 11.5 Å². The summed E-state index contributed by atoms with van der Waals surface area (Å²) in [5.41, 5.74) is 3.46. The van der Waals surface area contributed by atoms with Crippen LogP contribution in [0, 0.1) is 0 Å². The third-order valence-corrected chi connectivity index (χ3v) is 7.04. The maximum atomic E-state index is 5.71. The molecule has 3 aromatic heterocycles. The van der Waals surface area contributed by atoms with E-state index in [1.165, 1.54) is 0 Å². The molecule has 11 nitrogen and oxygen atoms in total. The van der Waals surface area contributed by atoms with Crippen LogP contribution in [0.1, 0.15) is 6.42 Å². The lowest BCUT2D eigenvalue weighted by molar-refractivity contribution is 0.122. The normalized spacial score (nSPS) is 17.3. The van der Waals surface area contributed by atoms with E-state index in [-0.39, 0.29) is 6.04 Å². The fourth-order valence-electron chi connectivity index (χ4n) is 4.99. The average molecular weight is 529 g/mol. The number of anilines is 4. The molecule has 0 radical (unpaired) electrons. The molecule has 2 aliphatic rings. The van der Waals surface area contributed by atoms with Crippen molar-refractivity contribution in [3.63, 3.8) is 0 Å². The molecule has 3 N–H and O–H groups in total. The van der Waals surface area contributed by atoms with Gasteiger partial charge >= 0.3 is 0 Å². The standard InChI is InChI=1S/C28H32N8O3/c1-37-23-14-20(36-9-11-39-12-10-36)3-4-21(23)33-25-13-18(5-8-31-25)27-34-22-16-30-17-24(38-2)26(22)28(35-27)32-19-6-7-29-15-19/h3-5,8,13-14,16-17,19,29H,6-7,9-12,15H2,1-2H3,(H,31,33)(H,32,34,35). The number of hydrogen-bond acceptors (Lipinski definition) is 11. The molecule has 202 valence electrons. The van der Waals surface area contributed by atoms with Crippen LogP contribution in [-0.2, 0) is 4.74 Å². The minimum absolute atomic E-state index is 0.274. The Morgan fingerprint density at radius 1 is 1.03 bits per heavy atom. The van der Waals surface area contributed by atoms with Gasteiger partial charge < -0.3 is 35.1 Å². The topological polar surface area (TPSA) is 119 Å². The number of fused-ring (bicyclic) bond motifs is 1. The number of nitrogens with one attached hydrogen (secondary N) is 3. The highest BCUT2D eigenvalue weighted by molar-refractivity contribution is 5.95. The first kappa shape index (κ1) is 25.1. The van der Waals surface area contributed by atoms with Crippen LogP contribution in [0.15, 0.2) is 48.9 Å². The zero-order valence-corrected chi connectivity index (χ0v) is 22.1. The Hall–Kier alpha value is -4.22. The van der Waals surface area contributed by atoms with E-state index in [1.807, 2.05) is 24.3 Å². The lowest BCUT2D eigenvalue weighted by Crippen LogP contribution is -2.36. The number of rotatable bonds is 8. The van der Waals surface area contributed by atoms with Crippen molar-refractivity contribution in [2.24, 2.45) is 0 Å². The van der Waals surface area contributed by atoms with Crippen molar-refractivity contribution in [1.29, 1.82) is 0 Å². The number of hydrogen-bond donors (Lipinski definition) is 3. The number of aromatic nitrogens is 4. The monoisotopic (exact) mass is 528 g/mol. The van der Waals surface area contributed by atoms with Gasteiger partial charge in [0.25, 0.3) is 0 Å². The first-order valence-corrected chi connectivity index (χ1v) is 13.1. The van der Waals surface area contributed by atoms with Crippen LogP contribution in [0.4, 0.5) is 23.0 Å². The molecule has 0 spiro atoms. The molecule has 2 fully saturated rings. The Bertz CT molecular complexity index is 1450. The van der Waals surface area contributed by atoms with Gasteiger partial charge in [-0.3, -0.25) is 4.98 Å². The predicted octanol–water partition coefficient (Wildman–Crippen LogP) is 3.46. The lowest BCUT2D eigenvalue weighted by Gasteiger charge is -2.29. The number of methoxy groups -OCH3 is 2. The van der Waals surface area contributed by atoms with Crippen molar-refractivity contribution in [3.05, 3.63) is 48.9 Å². The van der Waals surface area contributed by atoms with Crippen molar-refractivity contribution in [2.75, 3.05) is 69.1 Å². The van der Waals surface area contributed by atoms with E-state index in [1.54, 1.807) is 32.8 Å². The molecular formula is C28H32N8O3. The van der Waals surface area contributed by atoms with Crippen LogP contribution < -0.4 is 30.3 Å². The maximum absolute atomic E-state index is 5.71. The molecular weight excluding hydrogens is 496 g/mol. The zero-order valence-electron chi connectivity index (χ0n) is 22.1. The summed E-state index contributed by atoms with van der Waals surface area (Å²) in [5, 5.41) is 11.2. The first-order valence-electron chi connectivity index (χ1n) is 13.1. The van der Waals surface area contributed by atoms with Crippen LogP contribution in [0.2, 0.25) is 0 Å². The predicted molar refractivity (Wildman–Crippen MR) is 151 cm³/mol. The number of ether oxygens (including phenoxy) is 3. The molecule has 5 heterocycles. The van der Waals surface area contributed by atoms with Crippen molar-refractivity contribution in [1.82, 2.24) is 25.3 Å². The van der Waals surface area contributed by atoms with Gasteiger partial charge in [-0.2, -0.15) is 0 Å². The lowest BCUT2D eigenvalue weighted by atomic mass is 10.2. The summed E-state index contributed by atoms with van der Waals surface area (Å²) in [6.45, 7) is 5.04. The van der Waals surface area contributed by atoms with Crippen molar-refractivity contribution in [2.45, 2.75) is 12.5 Å². The minimum atomic E-state index is 0.274. The molecule has 39 heavy (non-hydrogen) atoms. The maximum Gasteiger partial charge on any atom is 0.162 e. The SMILES string of the molecule is COc1cc(N2CCOCC2)ccc1Nc1cc(-c2nc(NC3CCNC3)c3c(OC)cncc3n2)ccn1. The molecule has 1 unspecified atom stereocenters. The molecule has 0 bridgehead atoms. The Balaban J connectivity index is 1.31. The van der Waals surface area contributed by atoms with Crippen LogP contribution in [0.3, 0.4) is 0 Å². The number of benzene rings is 1. The molecule has 4 aromatic rings. The summed E-state index contributed by atoms with van der Waals surface area (Å²) in [6.07, 6.45) is 6.19. The van der Waals surface area contributed by atoms with Gasteiger partial charge in [0.2, 0.25) is 0 Å². The summed E-state index contributed by atoms with van der Waals surface area (Å²) in [4.78, 5) is 20.9. The van der Waals surface area contributed by atoms with Gasteiger partial charge in [-0.25, -0.2) is 15.0 Å². The average Bonchev–Trinajstić information content (AvgIpc) is 3.50. The third-order valence-electron chi connectivity index (χ3n) is 7.04. The first-order chi connectivity index (χ1) is 19.2. The summed E-state index contributed by atoms with van der Waals surface area (Å²) < 4.78 is 16.8. The minimum Gasteiger partial charge on any atom is -0.494 e. The van der Waals surface area contributed by atoms with Crippen LogP contribution >= 0.6 is 0 Å². The van der Waals surface area contributed by atoms with Gasteiger partial charge in [-0.05, 0) is 37.2 Å². The van der Waals surface area contributed by atoms with Gasteiger partial charge in [0.1, 0.15) is 23.1 Å². The van der Waals surface area contributed by atoms with E-state index in [9.17, 15) is 0 Å². The number of morpholine rings is 1. The fraction of sp³-hybridized carbons (Fsp3) is 0.357. The zero-order chi connectivity index (χ0) is 26.6. The molecule has 1 aromatic carbocycles. The van der Waals surface area contributed by atoms with Gasteiger partial charge in [-0.1, -0.05) is 0 Å². The van der Waals surface area contributed by atoms with Crippen molar-refractivity contribution < 1.29 is 14.2 Å². The largest absolute Gasteiger partial charge is 0.494 e. The highest BCUT2D eigenvalue weighted by atomic mass is 16.5. The number of nitrogens with zero attached hydrogens (tertiary/aromatic N) is 5. The van der Waals surface area contributed by atoms with Crippen molar-refractivity contribution in [3.8, 4) is 22.9 Å². The van der Waals surface area contributed by atoms with Gasteiger partial charge in [-0.15, -0.1) is 0 Å². The summed E-state index contributed by atoms with van der Waals surface area (Å²) in [5.74, 6) is 3.34. The van der Waals surface area contributed by atoms with E-state index in [0.717, 1.165) is 79.7 Å². The Morgan fingerprint density at radius 2 is 1.90 bits per heavy atom. The van der Waals surface area contributed by atoms with Crippen molar-refractivity contribution >= 4 is 33.9 Å². The third kappa shape index (κ3) is 5.36. The summed E-state index contributed by atoms with van der Waals surface area (Å²) in [7, 11) is 3.31. The van der Waals surface area contributed by atoms with E-state index in [2.05, 4.69) is 36.9 Å². The Morgan fingerprint density at radius 3 is 2.69 bits per heavy atom. The molecule has 2 saturated heterocycles. The van der Waals surface area contributed by atoms with E-state index >= 15 is 0 Å². The highest BCUT2D eigenvalue weighted by Crippen LogP contribution is 2.34. The molecule has 1 atom stereocenters. The van der Waals surface area contributed by atoms with Gasteiger partial charge in [0.15, 0.2) is 5.82 Å². The molecule has 0 saturated carbocycles. The van der Waals surface area contributed by atoms with E-state index in [4.69, 9.17) is 24.2 Å². The fourth-order valence-corrected chi connectivity index (χ4v) is 4.99. The molecule has 0 amide bonds. The highest BCUT2D eigenvalue weighted by Gasteiger charge is 2.20. The quantitative estimate of drug-likeness (QED) is 0.312. The van der Waals surface area contributed by atoms with Gasteiger partial charge in [0.05, 0.1) is 56.4 Å². The van der Waals surface area contributed by atoms with Crippen LogP contribution in [-0.4, -0.2) is 79.6 Å². The second kappa shape index (κ2) is 11.3. The Labute approximate surface area is 226 Å². The van der Waals surface area contributed by atoms with Crippen LogP contribution in [0.25, 0.3) is 22.3 Å². The van der Waals surface area contributed by atoms with Gasteiger partial charge in [0, 0.05) is 49.2 Å². The van der Waals surface area contributed by atoms with E-state index < -0.39 is 0 Å². The smallest absolute Gasteiger partial charge is 0.162 e. The number of pyridine rings is 2. The molecule has 11 heteroatoms. The molecule has 0 aliphatic carbocycles. The molecule has 6 rings (SSSR count).